The molecule has 20 heavy (non-hydrogen) atoms. The first-order valence-corrected chi connectivity index (χ1v) is 6.38. The van der Waals surface area contributed by atoms with E-state index in [1.54, 1.807) is 7.11 Å². The van der Waals surface area contributed by atoms with Gasteiger partial charge in [-0.3, -0.25) is 0 Å². The summed E-state index contributed by atoms with van der Waals surface area (Å²) in [6, 6.07) is 11.6. The lowest BCUT2D eigenvalue weighted by molar-refractivity contribution is 0.271. The van der Waals surface area contributed by atoms with Crippen molar-refractivity contribution in [2.45, 2.75) is 19.7 Å². The van der Waals surface area contributed by atoms with Crippen molar-refractivity contribution in [3.8, 4) is 18.1 Å². The molecular formula is C16H18N2O2. The predicted molar refractivity (Wildman–Crippen MR) is 79.5 cm³/mol. The van der Waals surface area contributed by atoms with E-state index in [1.807, 2.05) is 41.0 Å². The maximum absolute atomic E-state index is 9.30. The minimum Gasteiger partial charge on any atom is -0.495 e. The Morgan fingerprint density at radius 3 is 2.70 bits per heavy atom. The van der Waals surface area contributed by atoms with Gasteiger partial charge in [-0.1, -0.05) is 18.1 Å². The molecule has 0 saturated carbocycles. The van der Waals surface area contributed by atoms with Crippen LogP contribution in [0.2, 0.25) is 0 Å². The second-order valence-electron chi connectivity index (χ2n) is 4.32. The highest BCUT2D eigenvalue weighted by Crippen LogP contribution is 2.24. The van der Waals surface area contributed by atoms with Gasteiger partial charge in [0.25, 0.3) is 0 Å². The van der Waals surface area contributed by atoms with E-state index in [-0.39, 0.29) is 6.61 Å². The molecule has 0 spiro atoms. The van der Waals surface area contributed by atoms with E-state index in [2.05, 4.69) is 11.2 Å². The number of terminal acetylenes is 1. The van der Waals surface area contributed by atoms with Crippen molar-refractivity contribution in [2.75, 3.05) is 12.4 Å². The van der Waals surface area contributed by atoms with Crippen LogP contribution in [0.15, 0.2) is 36.4 Å². The molecule has 2 aromatic rings. The van der Waals surface area contributed by atoms with E-state index < -0.39 is 0 Å². The summed E-state index contributed by atoms with van der Waals surface area (Å²) < 4.78 is 7.23. The third kappa shape index (κ3) is 2.95. The summed E-state index contributed by atoms with van der Waals surface area (Å²) in [5, 5.41) is 12.6. The predicted octanol–water partition coefficient (Wildman–Crippen LogP) is 2.23. The summed E-state index contributed by atoms with van der Waals surface area (Å²) in [7, 11) is 1.64. The molecule has 0 bridgehead atoms. The molecule has 0 aliphatic carbocycles. The lowest BCUT2D eigenvalue weighted by Crippen LogP contribution is -2.10. The van der Waals surface area contributed by atoms with Crippen LogP contribution in [-0.2, 0) is 19.7 Å². The Labute approximate surface area is 119 Å². The molecule has 0 amide bonds. The van der Waals surface area contributed by atoms with Gasteiger partial charge in [-0.2, -0.15) is 0 Å². The van der Waals surface area contributed by atoms with Gasteiger partial charge in [-0.15, -0.1) is 6.42 Å². The Balaban J connectivity index is 2.15. The average molecular weight is 270 g/mol. The summed E-state index contributed by atoms with van der Waals surface area (Å²) in [6.45, 7) is 1.05. The monoisotopic (exact) mass is 270 g/mol. The molecular weight excluding hydrogens is 252 g/mol. The zero-order valence-corrected chi connectivity index (χ0v) is 11.5. The molecule has 2 rings (SSSR count). The maximum Gasteiger partial charge on any atom is 0.141 e. The van der Waals surface area contributed by atoms with E-state index in [1.165, 1.54) is 0 Å². The third-order valence-corrected chi connectivity index (χ3v) is 3.14. The summed E-state index contributed by atoms with van der Waals surface area (Å²) in [5.41, 5.74) is 2.77. The number of methoxy groups -OCH3 is 1. The SMILES string of the molecule is C#CCn1c(CO)ccc1CNc1ccccc1OC. The summed E-state index contributed by atoms with van der Waals surface area (Å²) in [4.78, 5) is 0. The van der Waals surface area contributed by atoms with E-state index in [4.69, 9.17) is 11.2 Å². The number of ether oxygens (including phenoxy) is 1. The molecule has 4 nitrogen and oxygen atoms in total. The number of benzene rings is 1. The van der Waals surface area contributed by atoms with Crippen LogP contribution in [-0.4, -0.2) is 16.8 Å². The fourth-order valence-electron chi connectivity index (χ4n) is 2.12. The fraction of sp³-hybridized carbons (Fsp3) is 0.250. The first-order valence-electron chi connectivity index (χ1n) is 6.38. The first-order chi connectivity index (χ1) is 9.80. The standard InChI is InChI=1S/C16H18N2O2/c1-3-10-18-13(8-9-14(18)12-19)11-17-15-6-4-5-7-16(15)20-2/h1,4-9,17,19H,10-12H2,2H3. The van der Waals surface area contributed by atoms with Gasteiger partial charge in [0.1, 0.15) is 5.75 Å². The van der Waals surface area contributed by atoms with Gasteiger partial charge < -0.3 is 19.7 Å². The molecule has 2 N–H and O–H groups in total. The molecule has 0 atom stereocenters. The van der Waals surface area contributed by atoms with Crippen LogP contribution in [0.25, 0.3) is 0 Å². The highest BCUT2D eigenvalue weighted by molar-refractivity contribution is 5.56. The first kappa shape index (κ1) is 14.0. The zero-order chi connectivity index (χ0) is 14.4. The number of hydrogen-bond acceptors (Lipinski definition) is 3. The topological polar surface area (TPSA) is 46.4 Å². The summed E-state index contributed by atoms with van der Waals surface area (Å²) in [6.07, 6.45) is 5.37. The Hall–Kier alpha value is -2.38. The minimum atomic E-state index is -0.0175. The molecule has 0 fully saturated rings. The number of rotatable bonds is 6. The smallest absolute Gasteiger partial charge is 0.141 e. The number of aliphatic hydroxyl groups excluding tert-OH is 1. The minimum absolute atomic E-state index is 0.0175. The highest BCUT2D eigenvalue weighted by atomic mass is 16.5. The van der Waals surface area contributed by atoms with E-state index in [0.717, 1.165) is 22.8 Å². The van der Waals surface area contributed by atoms with Gasteiger partial charge in [0, 0.05) is 11.4 Å². The van der Waals surface area contributed by atoms with Gasteiger partial charge >= 0.3 is 0 Å². The molecule has 1 aromatic carbocycles. The zero-order valence-electron chi connectivity index (χ0n) is 11.5. The lowest BCUT2D eigenvalue weighted by atomic mass is 10.3. The molecule has 0 aliphatic rings. The van der Waals surface area contributed by atoms with Gasteiger partial charge in [0.15, 0.2) is 0 Å². The molecule has 0 saturated heterocycles. The second kappa shape index (κ2) is 6.69. The van der Waals surface area contributed by atoms with Gasteiger partial charge in [0.05, 0.1) is 32.5 Å². The van der Waals surface area contributed by atoms with E-state index in [0.29, 0.717) is 13.1 Å². The molecule has 0 radical (unpaired) electrons. The number of nitrogens with one attached hydrogen (secondary N) is 1. The fourth-order valence-corrected chi connectivity index (χ4v) is 2.12. The van der Waals surface area contributed by atoms with Crippen LogP contribution in [0, 0.1) is 12.3 Å². The van der Waals surface area contributed by atoms with Crippen LogP contribution in [0.5, 0.6) is 5.75 Å². The van der Waals surface area contributed by atoms with Crippen molar-refractivity contribution < 1.29 is 9.84 Å². The number of aromatic nitrogens is 1. The quantitative estimate of drug-likeness (QED) is 0.791. The molecule has 104 valence electrons. The van der Waals surface area contributed by atoms with Crippen molar-refractivity contribution in [1.29, 1.82) is 0 Å². The van der Waals surface area contributed by atoms with Gasteiger partial charge in [-0.25, -0.2) is 0 Å². The van der Waals surface area contributed by atoms with Crippen LogP contribution < -0.4 is 10.1 Å². The van der Waals surface area contributed by atoms with Crippen molar-refractivity contribution in [3.63, 3.8) is 0 Å². The maximum atomic E-state index is 9.30. The van der Waals surface area contributed by atoms with Crippen LogP contribution in [0.1, 0.15) is 11.4 Å². The van der Waals surface area contributed by atoms with Crippen molar-refractivity contribution >= 4 is 5.69 Å². The van der Waals surface area contributed by atoms with Gasteiger partial charge in [-0.05, 0) is 24.3 Å². The van der Waals surface area contributed by atoms with E-state index in [9.17, 15) is 5.11 Å². The Morgan fingerprint density at radius 1 is 1.25 bits per heavy atom. The molecule has 1 aromatic heterocycles. The highest BCUT2D eigenvalue weighted by Gasteiger charge is 2.07. The van der Waals surface area contributed by atoms with Gasteiger partial charge in [0.2, 0.25) is 0 Å². The van der Waals surface area contributed by atoms with Crippen molar-refractivity contribution in [2.24, 2.45) is 0 Å². The van der Waals surface area contributed by atoms with Crippen molar-refractivity contribution in [1.82, 2.24) is 4.57 Å². The summed E-state index contributed by atoms with van der Waals surface area (Å²) in [5.74, 6) is 3.40. The number of hydrogen-bond donors (Lipinski definition) is 2. The summed E-state index contributed by atoms with van der Waals surface area (Å²) >= 11 is 0. The Kier molecular flexibility index (Phi) is 4.70. The lowest BCUT2D eigenvalue weighted by Gasteiger charge is -2.13. The average Bonchev–Trinajstić information content (AvgIpc) is 2.88. The molecule has 0 aliphatic heterocycles. The van der Waals surface area contributed by atoms with Crippen molar-refractivity contribution in [3.05, 3.63) is 47.8 Å². The largest absolute Gasteiger partial charge is 0.495 e. The van der Waals surface area contributed by atoms with E-state index >= 15 is 0 Å². The van der Waals surface area contributed by atoms with Crippen LogP contribution in [0.4, 0.5) is 5.69 Å². The number of anilines is 1. The molecule has 4 heteroatoms. The Morgan fingerprint density at radius 2 is 2.00 bits per heavy atom. The Bertz CT molecular complexity index is 611. The number of aliphatic hydroxyl groups is 1. The number of nitrogens with zero attached hydrogens (tertiary/aromatic N) is 1. The third-order valence-electron chi connectivity index (χ3n) is 3.14. The normalized spacial score (nSPS) is 10.1. The second-order valence-corrected chi connectivity index (χ2v) is 4.32. The van der Waals surface area contributed by atoms with Crippen LogP contribution >= 0.6 is 0 Å². The molecule has 1 heterocycles. The van der Waals surface area contributed by atoms with Crippen LogP contribution in [0.3, 0.4) is 0 Å². The molecule has 0 unspecified atom stereocenters. The number of para-hydroxylation sites is 2.